The summed E-state index contributed by atoms with van der Waals surface area (Å²) >= 11 is 0. The molecule has 0 radical (unpaired) electrons. The summed E-state index contributed by atoms with van der Waals surface area (Å²) in [4.78, 5) is 4.65. The number of nitrogens with zero attached hydrogens (tertiary/aromatic N) is 1. The molecule has 1 aromatic heterocycles. The predicted octanol–water partition coefficient (Wildman–Crippen LogP) is 3.84. The highest BCUT2D eigenvalue weighted by atomic mass is 15.0. The zero-order valence-electron chi connectivity index (χ0n) is 10.2. The lowest BCUT2D eigenvalue weighted by Gasteiger charge is -2.13. The minimum atomic E-state index is 0.610. The number of benzene rings is 1. The van der Waals surface area contributed by atoms with Gasteiger partial charge in [0.2, 0.25) is 0 Å². The lowest BCUT2D eigenvalue weighted by molar-refractivity contribution is 0.602. The zero-order chi connectivity index (χ0) is 11.7. The largest absolute Gasteiger partial charge is 0.367 e. The van der Waals surface area contributed by atoms with Crippen LogP contribution < -0.4 is 5.32 Å². The maximum absolute atomic E-state index is 4.65. The molecule has 2 heteroatoms. The van der Waals surface area contributed by atoms with E-state index in [9.17, 15) is 0 Å². The van der Waals surface area contributed by atoms with Gasteiger partial charge >= 0.3 is 0 Å². The molecule has 2 atom stereocenters. The summed E-state index contributed by atoms with van der Waals surface area (Å²) in [5.74, 6) is 1.87. The van der Waals surface area contributed by atoms with E-state index < -0.39 is 0 Å². The Bertz CT molecular complexity index is 521. The molecule has 2 unspecified atom stereocenters. The smallest absolute Gasteiger partial charge is 0.126 e. The lowest BCUT2D eigenvalue weighted by Crippen LogP contribution is -2.16. The number of hydrogen-bond donors (Lipinski definition) is 1. The van der Waals surface area contributed by atoms with Gasteiger partial charge in [0.25, 0.3) is 0 Å². The van der Waals surface area contributed by atoms with Gasteiger partial charge in [0, 0.05) is 11.4 Å². The normalized spacial score (nSPS) is 24.1. The molecule has 0 saturated heterocycles. The highest BCUT2D eigenvalue weighted by molar-refractivity contribution is 5.80. The molecule has 0 amide bonds. The van der Waals surface area contributed by atoms with Crippen molar-refractivity contribution in [3.8, 4) is 0 Å². The number of hydrogen-bond acceptors (Lipinski definition) is 2. The number of fused-ring (bicyclic) bond motifs is 1. The van der Waals surface area contributed by atoms with Crippen LogP contribution in [-0.2, 0) is 0 Å². The van der Waals surface area contributed by atoms with Crippen molar-refractivity contribution in [2.24, 2.45) is 5.92 Å². The van der Waals surface area contributed by atoms with Crippen LogP contribution >= 0.6 is 0 Å². The molecular weight excluding hydrogens is 208 g/mol. The third-order valence-electron chi connectivity index (χ3n) is 3.65. The summed E-state index contributed by atoms with van der Waals surface area (Å²) in [5, 5.41) is 4.76. The second kappa shape index (κ2) is 4.36. The quantitative estimate of drug-likeness (QED) is 0.841. The van der Waals surface area contributed by atoms with E-state index in [0.717, 1.165) is 17.3 Å². The van der Waals surface area contributed by atoms with Crippen LogP contribution in [0.25, 0.3) is 10.9 Å². The van der Waals surface area contributed by atoms with Crippen LogP contribution in [-0.4, -0.2) is 11.0 Å². The molecule has 0 aliphatic heterocycles. The van der Waals surface area contributed by atoms with Gasteiger partial charge in [0.05, 0.1) is 5.52 Å². The Labute approximate surface area is 102 Å². The van der Waals surface area contributed by atoms with Gasteiger partial charge in [0.1, 0.15) is 5.82 Å². The fraction of sp³-hybridized carbons (Fsp3) is 0.400. The first kappa shape index (κ1) is 10.6. The molecule has 1 fully saturated rings. The van der Waals surface area contributed by atoms with E-state index in [-0.39, 0.29) is 0 Å². The summed E-state index contributed by atoms with van der Waals surface area (Å²) in [6, 6.07) is 13.1. The Morgan fingerprint density at radius 3 is 2.82 bits per heavy atom. The van der Waals surface area contributed by atoms with E-state index in [1.165, 1.54) is 24.6 Å². The number of para-hydroxylation sites is 1. The van der Waals surface area contributed by atoms with Gasteiger partial charge in [-0.05, 0) is 43.4 Å². The monoisotopic (exact) mass is 226 g/mol. The average Bonchev–Trinajstić information content (AvgIpc) is 2.75. The first-order valence-electron chi connectivity index (χ1n) is 6.43. The summed E-state index contributed by atoms with van der Waals surface area (Å²) in [5.41, 5.74) is 1.07. The number of pyridine rings is 1. The van der Waals surface area contributed by atoms with E-state index in [0.29, 0.717) is 6.04 Å². The highest BCUT2D eigenvalue weighted by Crippen LogP contribution is 2.27. The van der Waals surface area contributed by atoms with Crippen LogP contribution in [0, 0.1) is 5.92 Å². The van der Waals surface area contributed by atoms with E-state index in [2.05, 4.69) is 47.6 Å². The maximum Gasteiger partial charge on any atom is 0.126 e. The van der Waals surface area contributed by atoms with E-state index in [4.69, 9.17) is 0 Å². The topological polar surface area (TPSA) is 24.9 Å². The van der Waals surface area contributed by atoms with Gasteiger partial charge in [-0.3, -0.25) is 0 Å². The summed E-state index contributed by atoms with van der Waals surface area (Å²) in [7, 11) is 0. The SMILES string of the molecule is CC1CCC(Nc2ccc3ccccc3n2)C1. The maximum atomic E-state index is 4.65. The van der Waals surface area contributed by atoms with Crippen molar-refractivity contribution in [2.75, 3.05) is 5.32 Å². The molecule has 1 aromatic carbocycles. The second-order valence-corrected chi connectivity index (χ2v) is 5.15. The molecule has 1 aliphatic rings. The summed E-state index contributed by atoms with van der Waals surface area (Å²) in [6.07, 6.45) is 3.88. The third kappa shape index (κ3) is 2.26. The van der Waals surface area contributed by atoms with Crippen molar-refractivity contribution in [3.63, 3.8) is 0 Å². The van der Waals surface area contributed by atoms with E-state index in [1.54, 1.807) is 0 Å². The van der Waals surface area contributed by atoms with Gasteiger partial charge in [0.15, 0.2) is 0 Å². The lowest BCUT2D eigenvalue weighted by atomic mass is 10.1. The molecule has 88 valence electrons. The summed E-state index contributed by atoms with van der Waals surface area (Å²) in [6.45, 7) is 2.33. The van der Waals surface area contributed by atoms with Gasteiger partial charge in [-0.2, -0.15) is 0 Å². The predicted molar refractivity (Wildman–Crippen MR) is 72.2 cm³/mol. The molecule has 2 nitrogen and oxygen atoms in total. The minimum absolute atomic E-state index is 0.610. The standard InChI is InChI=1S/C15H18N2/c1-11-6-8-13(10-11)16-15-9-7-12-4-2-3-5-14(12)17-15/h2-5,7,9,11,13H,6,8,10H2,1H3,(H,16,17). The molecule has 2 aromatic rings. The molecule has 1 saturated carbocycles. The van der Waals surface area contributed by atoms with Crippen LogP contribution in [0.15, 0.2) is 36.4 Å². The highest BCUT2D eigenvalue weighted by Gasteiger charge is 2.21. The van der Waals surface area contributed by atoms with Gasteiger partial charge in [-0.15, -0.1) is 0 Å². The van der Waals surface area contributed by atoms with Crippen LogP contribution in [0.5, 0.6) is 0 Å². The van der Waals surface area contributed by atoms with Gasteiger partial charge < -0.3 is 5.32 Å². The van der Waals surface area contributed by atoms with Crippen LogP contribution in [0.2, 0.25) is 0 Å². The number of rotatable bonds is 2. The van der Waals surface area contributed by atoms with Crippen molar-refractivity contribution in [1.82, 2.24) is 4.98 Å². The van der Waals surface area contributed by atoms with Crippen molar-refractivity contribution in [3.05, 3.63) is 36.4 Å². The molecule has 17 heavy (non-hydrogen) atoms. The Balaban J connectivity index is 1.81. The van der Waals surface area contributed by atoms with Crippen LogP contribution in [0.4, 0.5) is 5.82 Å². The molecule has 1 heterocycles. The summed E-state index contributed by atoms with van der Waals surface area (Å²) < 4.78 is 0. The molecular formula is C15H18N2. The van der Waals surface area contributed by atoms with Crippen molar-refractivity contribution in [1.29, 1.82) is 0 Å². The Morgan fingerprint density at radius 2 is 2.00 bits per heavy atom. The van der Waals surface area contributed by atoms with Crippen molar-refractivity contribution >= 4 is 16.7 Å². The first-order valence-corrected chi connectivity index (χ1v) is 6.43. The molecule has 3 rings (SSSR count). The minimum Gasteiger partial charge on any atom is -0.367 e. The second-order valence-electron chi connectivity index (χ2n) is 5.15. The molecule has 0 bridgehead atoms. The van der Waals surface area contributed by atoms with Gasteiger partial charge in [-0.25, -0.2) is 4.98 Å². The Hall–Kier alpha value is -1.57. The Morgan fingerprint density at radius 1 is 1.12 bits per heavy atom. The number of anilines is 1. The first-order chi connectivity index (χ1) is 8.31. The third-order valence-corrected chi connectivity index (χ3v) is 3.65. The fourth-order valence-electron chi connectivity index (χ4n) is 2.69. The van der Waals surface area contributed by atoms with E-state index in [1.807, 2.05) is 6.07 Å². The van der Waals surface area contributed by atoms with Crippen molar-refractivity contribution < 1.29 is 0 Å². The number of aromatic nitrogens is 1. The molecule has 1 N–H and O–H groups in total. The fourth-order valence-corrected chi connectivity index (χ4v) is 2.69. The van der Waals surface area contributed by atoms with Crippen LogP contribution in [0.1, 0.15) is 26.2 Å². The van der Waals surface area contributed by atoms with E-state index >= 15 is 0 Å². The zero-order valence-corrected chi connectivity index (χ0v) is 10.2. The number of nitrogens with one attached hydrogen (secondary N) is 1. The Kier molecular flexibility index (Phi) is 2.71. The van der Waals surface area contributed by atoms with Crippen LogP contribution in [0.3, 0.4) is 0 Å². The van der Waals surface area contributed by atoms with Crippen molar-refractivity contribution in [2.45, 2.75) is 32.2 Å². The molecule has 1 aliphatic carbocycles. The average molecular weight is 226 g/mol. The molecule has 0 spiro atoms. The van der Waals surface area contributed by atoms with Gasteiger partial charge in [-0.1, -0.05) is 25.1 Å².